The molecule has 4 fully saturated rings. The first-order valence-corrected chi connectivity index (χ1v) is 14.0. The second-order valence-electron chi connectivity index (χ2n) is 10.8. The van der Waals surface area contributed by atoms with Crippen LogP contribution in [0.1, 0.15) is 44.9 Å². The van der Waals surface area contributed by atoms with Crippen LogP contribution in [-0.4, -0.2) is 65.7 Å². The van der Waals surface area contributed by atoms with Crippen molar-refractivity contribution in [1.29, 1.82) is 0 Å². The largest absolute Gasteiger partial charge is 0.376 e. The number of ether oxygens (including phenoxy) is 2. The highest BCUT2D eigenvalue weighted by Gasteiger charge is 2.73. The lowest BCUT2D eigenvalue weighted by molar-refractivity contribution is -0.143. The topological polar surface area (TPSA) is 97.0 Å². The van der Waals surface area contributed by atoms with E-state index in [1.807, 2.05) is 12.2 Å². The predicted molar refractivity (Wildman–Crippen MR) is 138 cm³/mol. The minimum absolute atomic E-state index is 0.0886. The highest BCUT2D eigenvalue weighted by Crippen LogP contribution is 2.55. The van der Waals surface area contributed by atoms with Gasteiger partial charge in [0.05, 0.1) is 24.0 Å². The third kappa shape index (κ3) is 4.46. The summed E-state index contributed by atoms with van der Waals surface area (Å²) in [6, 6.07) is 4.02. The molecule has 10 heteroatoms. The van der Waals surface area contributed by atoms with Crippen LogP contribution in [-0.2, 0) is 23.9 Å². The summed E-state index contributed by atoms with van der Waals surface area (Å²) >= 11 is 12.2. The molecule has 1 aliphatic carbocycles. The molecular weight excluding hydrogens is 517 g/mol. The van der Waals surface area contributed by atoms with Crippen molar-refractivity contribution >= 4 is 46.6 Å². The maximum absolute atomic E-state index is 14.0. The third-order valence-electron chi connectivity index (χ3n) is 8.43. The molecule has 8 nitrogen and oxygen atoms in total. The molecule has 198 valence electrons. The van der Waals surface area contributed by atoms with E-state index in [-0.39, 0.29) is 29.9 Å². The lowest BCUT2D eigenvalue weighted by atomic mass is 9.74. The van der Waals surface area contributed by atoms with Gasteiger partial charge in [0.15, 0.2) is 0 Å². The molecule has 0 radical (unpaired) electrons. The molecule has 1 spiro atoms. The molecule has 4 heterocycles. The number of halogens is 2. The molecule has 6 rings (SSSR count). The first-order chi connectivity index (χ1) is 17.9. The van der Waals surface area contributed by atoms with Gasteiger partial charge in [-0.25, -0.2) is 0 Å². The highest BCUT2D eigenvalue weighted by atomic mass is 35.5. The Labute approximate surface area is 226 Å². The fourth-order valence-electron chi connectivity index (χ4n) is 6.85. The zero-order valence-electron chi connectivity index (χ0n) is 20.5. The number of nitrogens with zero attached hydrogens (tertiary/aromatic N) is 1. The number of hydrogen-bond acceptors (Lipinski definition) is 5. The summed E-state index contributed by atoms with van der Waals surface area (Å²) in [5, 5.41) is 6.85. The molecule has 4 aliphatic heterocycles. The lowest BCUT2D eigenvalue weighted by Crippen LogP contribution is -2.57. The van der Waals surface area contributed by atoms with E-state index in [1.54, 1.807) is 23.1 Å². The van der Waals surface area contributed by atoms with Gasteiger partial charge in [0.1, 0.15) is 11.6 Å². The molecule has 2 N–H and O–H groups in total. The SMILES string of the molecule is O=C(Nc1cc(Cl)cc(Cl)c1)[C@@H]1[C@@H]2C=C[C@]3(O2)[C@@H]1C(=O)N(C[C@H]1CCCO1)[C@H]3C(=O)NC1CCCCC1. The molecule has 3 saturated heterocycles. The lowest BCUT2D eigenvalue weighted by Gasteiger charge is -2.34. The average Bonchev–Trinajstić information content (AvgIpc) is 3.62. The zero-order chi connectivity index (χ0) is 25.7. The molecule has 1 aromatic rings. The van der Waals surface area contributed by atoms with Crippen molar-refractivity contribution in [2.24, 2.45) is 11.8 Å². The Morgan fingerprint density at radius 1 is 1.03 bits per heavy atom. The number of rotatable bonds is 6. The molecule has 37 heavy (non-hydrogen) atoms. The fourth-order valence-corrected chi connectivity index (χ4v) is 7.38. The van der Waals surface area contributed by atoms with Gasteiger partial charge in [-0.1, -0.05) is 54.6 Å². The van der Waals surface area contributed by atoms with Gasteiger partial charge >= 0.3 is 0 Å². The van der Waals surface area contributed by atoms with Crippen molar-refractivity contribution in [1.82, 2.24) is 10.2 Å². The number of likely N-dealkylation sites (tertiary alicyclic amines) is 1. The van der Waals surface area contributed by atoms with Gasteiger partial charge in [-0.3, -0.25) is 14.4 Å². The van der Waals surface area contributed by atoms with Gasteiger partial charge in [-0.15, -0.1) is 0 Å². The Hall–Kier alpha value is -2.13. The highest BCUT2D eigenvalue weighted by molar-refractivity contribution is 6.35. The number of amides is 3. The summed E-state index contributed by atoms with van der Waals surface area (Å²) in [5.74, 6) is -2.40. The van der Waals surface area contributed by atoms with Crippen LogP contribution >= 0.6 is 23.2 Å². The van der Waals surface area contributed by atoms with Crippen molar-refractivity contribution in [3.63, 3.8) is 0 Å². The van der Waals surface area contributed by atoms with Crippen LogP contribution in [0.25, 0.3) is 0 Å². The standard InChI is InChI=1S/C27H31Cl2N3O5/c28-15-11-16(29)13-18(12-15)31-24(33)21-20-8-9-27(37-20)22(21)26(35)32(14-19-7-4-10-36-19)23(27)25(34)30-17-5-2-1-3-6-17/h8-9,11-13,17,19-23H,1-7,10,14H2,(H,30,34)(H,31,33)/t19-,20+,21-,22+,23+,27+/m1/s1. The van der Waals surface area contributed by atoms with E-state index in [2.05, 4.69) is 10.6 Å². The molecule has 2 bridgehead atoms. The Morgan fingerprint density at radius 2 is 1.78 bits per heavy atom. The van der Waals surface area contributed by atoms with E-state index in [0.29, 0.717) is 28.9 Å². The summed E-state index contributed by atoms with van der Waals surface area (Å²) in [5.41, 5.74) is -0.746. The van der Waals surface area contributed by atoms with E-state index in [0.717, 1.165) is 38.5 Å². The number of carbonyl (C=O) groups is 3. The quantitative estimate of drug-likeness (QED) is 0.529. The van der Waals surface area contributed by atoms with Crippen LogP contribution in [0.5, 0.6) is 0 Å². The van der Waals surface area contributed by atoms with Crippen LogP contribution in [0.15, 0.2) is 30.4 Å². The summed E-state index contributed by atoms with van der Waals surface area (Å²) in [4.78, 5) is 43.0. The van der Waals surface area contributed by atoms with Crippen LogP contribution in [0.3, 0.4) is 0 Å². The number of benzene rings is 1. The van der Waals surface area contributed by atoms with E-state index >= 15 is 0 Å². The fraction of sp³-hybridized carbons (Fsp3) is 0.593. The van der Waals surface area contributed by atoms with Crippen molar-refractivity contribution < 1.29 is 23.9 Å². The second kappa shape index (κ2) is 9.88. The summed E-state index contributed by atoms with van der Waals surface area (Å²) in [6.45, 7) is 0.950. The van der Waals surface area contributed by atoms with Gasteiger partial charge in [0.25, 0.3) is 0 Å². The zero-order valence-corrected chi connectivity index (χ0v) is 22.0. The number of anilines is 1. The second-order valence-corrected chi connectivity index (χ2v) is 11.7. The minimum atomic E-state index is -1.19. The Morgan fingerprint density at radius 3 is 2.49 bits per heavy atom. The molecule has 0 aromatic heterocycles. The maximum atomic E-state index is 14.0. The predicted octanol–water partition coefficient (Wildman–Crippen LogP) is 3.71. The number of nitrogens with one attached hydrogen (secondary N) is 2. The van der Waals surface area contributed by atoms with Crippen molar-refractivity contribution in [3.8, 4) is 0 Å². The summed E-state index contributed by atoms with van der Waals surface area (Å²) < 4.78 is 12.2. The van der Waals surface area contributed by atoms with Crippen molar-refractivity contribution in [2.75, 3.05) is 18.5 Å². The van der Waals surface area contributed by atoms with Crippen LogP contribution in [0.4, 0.5) is 5.69 Å². The van der Waals surface area contributed by atoms with Gasteiger partial charge in [0.2, 0.25) is 17.7 Å². The van der Waals surface area contributed by atoms with Crippen molar-refractivity contribution in [2.45, 2.75) is 74.8 Å². The normalized spacial score (nSPS) is 34.7. The van der Waals surface area contributed by atoms with Gasteiger partial charge in [-0.05, 0) is 43.9 Å². The van der Waals surface area contributed by atoms with Crippen molar-refractivity contribution in [3.05, 3.63) is 40.4 Å². The minimum Gasteiger partial charge on any atom is -0.376 e. The Balaban J connectivity index is 1.30. The molecule has 5 aliphatic rings. The summed E-state index contributed by atoms with van der Waals surface area (Å²) in [7, 11) is 0. The first-order valence-electron chi connectivity index (χ1n) is 13.2. The molecular formula is C27H31Cl2N3O5. The molecule has 0 unspecified atom stereocenters. The Kier molecular flexibility index (Phi) is 6.72. The average molecular weight is 548 g/mol. The number of hydrogen-bond donors (Lipinski definition) is 2. The van der Waals surface area contributed by atoms with E-state index in [4.69, 9.17) is 32.7 Å². The van der Waals surface area contributed by atoms with Crippen LogP contribution in [0, 0.1) is 11.8 Å². The van der Waals surface area contributed by atoms with E-state index in [9.17, 15) is 14.4 Å². The maximum Gasteiger partial charge on any atom is 0.246 e. The smallest absolute Gasteiger partial charge is 0.246 e. The monoisotopic (exact) mass is 547 g/mol. The van der Waals surface area contributed by atoms with Gasteiger partial charge < -0.3 is 25.0 Å². The Bertz CT molecular complexity index is 1110. The van der Waals surface area contributed by atoms with Crippen LogP contribution < -0.4 is 10.6 Å². The first kappa shape index (κ1) is 25.2. The van der Waals surface area contributed by atoms with Crippen LogP contribution in [0.2, 0.25) is 10.0 Å². The molecule has 1 aromatic carbocycles. The number of fused-ring (bicyclic) bond motifs is 1. The van der Waals surface area contributed by atoms with E-state index < -0.39 is 29.6 Å². The number of carbonyl (C=O) groups excluding carboxylic acids is 3. The van der Waals surface area contributed by atoms with Gasteiger partial charge in [0, 0.05) is 34.9 Å². The molecule has 3 amide bonds. The van der Waals surface area contributed by atoms with E-state index in [1.165, 1.54) is 6.42 Å². The van der Waals surface area contributed by atoms with Gasteiger partial charge in [-0.2, -0.15) is 0 Å². The summed E-state index contributed by atoms with van der Waals surface area (Å²) in [6.07, 6.45) is 9.87. The molecule has 6 atom stereocenters. The third-order valence-corrected chi connectivity index (χ3v) is 8.87. The molecule has 1 saturated carbocycles.